The number of nitriles is 2. The van der Waals surface area contributed by atoms with Gasteiger partial charge in [0.05, 0.1) is 13.1 Å². The van der Waals surface area contributed by atoms with E-state index in [1.807, 2.05) is 24.3 Å². The maximum atomic E-state index is 11.0. The van der Waals surface area contributed by atoms with Gasteiger partial charge < -0.3 is 59.2 Å². The molecule has 0 aromatic heterocycles. The van der Waals surface area contributed by atoms with Crippen LogP contribution in [0, 0.1) is 85.7 Å². The van der Waals surface area contributed by atoms with Crippen molar-refractivity contribution in [3.8, 4) is 154 Å². The van der Waals surface area contributed by atoms with E-state index < -0.39 is 16.2 Å². The fraction of sp³-hybridized carbons (Fsp3) is 0.111. The van der Waals surface area contributed by atoms with Gasteiger partial charge in [-0.2, -0.15) is 10.5 Å². The average molecular weight is 1270 g/mol. The van der Waals surface area contributed by atoms with Crippen LogP contribution >= 0.6 is 0 Å². The third kappa shape index (κ3) is 12.9. The summed E-state index contributed by atoms with van der Waals surface area (Å²) in [5.41, 5.74) is 4.33. The first kappa shape index (κ1) is 63.2. The van der Waals surface area contributed by atoms with Crippen LogP contribution in [-0.4, -0.2) is 0 Å². The number of hydrogen-bond acceptors (Lipinski definition) is 14. The minimum atomic E-state index is -0.816. The van der Waals surface area contributed by atoms with Crippen molar-refractivity contribution in [2.75, 3.05) is 21.3 Å². The van der Waals surface area contributed by atoms with E-state index in [-0.39, 0.29) is 91.5 Å². The highest BCUT2D eigenvalue weighted by Crippen LogP contribution is 2.66. The van der Waals surface area contributed by atoms with E-state index in [0.29, 0.717) is 58.6 Å². The third-order valence-electron chi connectivity index (χ3n) is 16.5. The summed E-state index contributed by atoms with van der Waals surface area (Å²) in [4.78, 5) is 7.91. The van der Waals surface area contributed by atoms with Gasteiger partial charge in [-0.25, -0.2) is 9.69 Å². The zero-order valence-corrected chi connectivity index (χ0v) is 52.8. The molecule has 97 heavy (non-hydrogen) atoms. The van der Waals surface area contributed by atoms with Crippen molar-refractivity contribution in [2.45, 2.75) is 56.8 Å². The molecule has 0 amide bonds. The van der Waals surface area contributed by atoms with E-state index in [1.54, 1.807) is 170 Å². The fourth-order valence-electron chi connectivity index (χ4n) is 12.6. The first-order valence-electron chi connectivity index (χ1n) is 30.2. The van der Waals surface area contributed by atoms with Gasteiger partial charge in [0.15, 0.2) is 23.0 Å². The zero-order valence-electron chi connectivity index (χ0n) is 52.8. The molecule has 0 saturated heterocycles. The molecule has 1 unspecified atom stereocenters. The lowest BCUT2D eigenvalue weighted by atomic mass is 9.72. The first-order chi connectivity index (χ1) is 47.1. The van der Waals surface area contributed by atoms with Gasteiger partial charge in [-0.05, 0) is 167 Å². The topological polar surface area (TPSA) is 178 Å². The largest absolute Gasteiger partial charge is 0.468 e. The summed E-state index contributed by atoms with van der Waals surface area (Å²) >= 11 is 0. The fourth-order valence-corrected chi connectivity index (χ4v) is 12.6. The third-order valence-corrected chi connectivity index (χ3v) is 16.5. The summed E-state index contributed by atoms with van der Waals surface area (Å²) in [5.74, 6) is 3.93. The average Bonchev–Trinajstić information content (AvgIpc) is 1.53. The SMILES string of the molecule is [C-]#[N+]c1c(Oc2cccc(NC#C)c2)cccc1Oc1cc2c(cc1Oc1cccc(Oc3cccc(NC#C)c3)c1[N+]#[C-])C1(CC(C)(C)c3cc(Oc4cccc(Oc5cccc(NC#C)c5)c4C#N)c(Oc4cccc(Oc5cccc(NC#C)c5)c4C#N)cc31)CC2(C)C. The number of nitrogens with zero attached hydrogens (tertiary/aromatic N) is 4. The predicted octanol–water partition coefficient (Wildman–Crippen LogP) is 20.5. The van der Waals surface area contributed by atoms with Crippen LogP contribution in [0.2, 0.25) is 0 Å². The summed E-state index contributed by atoms with van der Waals surface area (Å²) in [6.07, 6.45) is 23.3. The molecule has 468 valence electrons. The molecule has 12 rings (SSSR count). The lowest BCUT2D eigenvalue weighted by molar-refractivity contribution is 0.349. The van der Waals surface area contributed by atoms with E-state index in [0.717, 1.165) is 22.3 Å². The van der Waals surface area contributed by atoms with Gasteiger partial charge >= 0.3 is 0 Å². The molecule has 0 saturated carbocycles. The van der Waals surface area contributed by atoms with Crippen LogP contribution in [0.25, 0.3) is 9.69 Å². The molecule has 16 heteroatoms. The summed E-state index contributed by atoms with van der Waals surface area (Å²) in [7, 11) is 0. The van der Waals surface area contributed by atoms with E-state index in [1.165, 1.54) is 0 Å². The first-order valence-corrected chi connectivity index (χ1v) is 30.2. The van der Waals surface area contributed by atoms with Crippen molar-refractivity contribution >= 4 is 34.1 Å². The Bertz CT molecular complexity index is 4850. The maximum absolute atomic E-state index is 11.0. The Hall–Kier alpha value is -14.0. The Balaban J connectivity index is 1.02. The molecule has 0 aliphatic heterocycles. The van der Waals surface area contributed by atoms with E-state index in [2.05, 4.69) is 95.0 Å². The zero-order chi connectivity index (χ0) is 67.8. The number of nitrogens with one attached hydrogen (secondary N) is 4. The van der Waals surface area contributed by atoms with Crippen LogP contribution in [0.3, 0.4) is 0 Å². The number of terminal acetylenes is 4. The molecule has 2 aliphatic rings. The molecule has 1 atom stereocenters. The Morgan fingerprint density at radius 3 is 0.876 bits per heavy atom. The van der Waals surface area contributed by atoms with Gasteiger partial charge in [0.1, 0.15) is 92.3 Å². The molecule has 2 aliphatic carbocycles. The van der Waals surface area contributed by atoms with Gasteiger partial charge in [-0.3, -0.25) is 0 Å². The van der Waals surface area contributed by atoms with Crippen LogP contribution in [0.5, 0.6) is 92.0 Å². The van der Waals surface area contributed by atoms with Crippen molar-refractivity contribution in [3.63, 3.8) is 0 Å². The Kier molecular flexibility index (Phi) is 17.4. The number of benzene rings is 10. The van der Waals surface area contributed by atoms with Crippen LogP contribution < -0.4 is 59.2 Å². The summed E-state index contributed by atoms with van der Waals surface area (Å²) < 4.78 is 53.5. The Morgan fingerprint density at radius 1 is 0.340 bits per heavy atom. The van der Waals surface area contributed by atoms with Crippen molar-refractivity contribution in [1.82, 2.24) is 0 Å². The number of rotatable bonds is 20. The Morgan fingerprint density at radius 2 is 0.588 bits per heavy atom. The van der Waals surface area contributed by atoms with Crippen molar-refractivity contribution < 1.29 is 37.9 Å². The van der Waals surface area contributed by atoms with Gasteiger partial charge in [0, 0.05) is 76.6 Å². The smallest absolute Gasteiger partial charge is 0.270 e. The Labute approximate surface area is 562 Å². The summed E-state index contributed by atoms with van der Waals surface area (Å²) in [5, 5.41) is 33.3. The highest BCUT2D eigenvalue weighted by Gasteiger charge is 2.57. The molecule has 0 bridgehead atoms. The molecular formula is C81H56N8O8. The molecule has 0 radical (unpaired) electrons. The van der Waals surface area contributed by atoms with E-state index >= 15 is 0 Å². The molecule has 10 aromatic carbocycles. The minimum absolute atomic E-state index is 0.0589. The lowest BCUT2D eigenvalue weighted by Gasteiger charge is -2.31. The maximum Gasteiger partial charge on any atom is 0.270 e. The van der Waals surface area contributed by atoms with Crippen LogP contribution in [0.15, 0.2) is 194 Å². The molecule has 0 heterocycles. The predicted molar refractivity (Wildman–Crippen MR) is 373 cm³/mol. The summed E-state index contributed by atoms with van der Waals surface area (Å²) in [6, 6.07) is 70.4. The second-order valence-electron chi connectivity index (χ2n) is 23.8. The molecule has 10 aromatic rings. The standard InChI is InChI=1S/C81H56N8O8/c1-11-86-51-23-15-27-55(39-51)90-65-31-19-33-67(59(65)47-82)94-73-43-61-63(45-75(73)95-68-34-20-32-66(60(68)48-83)91-56-28-16-24-52(40-56)87-12-2)81(49-79(61,5)6)50-80(7,8)62-44-74(96-71-37-21-35-69(77(71)84-9)92-57-29-17-25-53(41-57)88-13-3)76(46-64(62)81)97-72-38-22-36-70(78(72)85-10)93-58-30-18-26-54(42-58)89-14-4/h1-4,15-46,86-89H,49-50H2,5-8H3. The highest BCUT2D eigenvalue weighted by molar-refractivity contribution is 5.74. The van der Waals surface area contributed by atoms with Crippen molar-refractivity contribution in [3.05, 3.63) is 250 Å². The van der Waals surface area contributed by atoms with E-state index in [9.17, 15) is 10.5 Å². The molecule has 1 spiro atoms. The second-order valence-corrected chi connectivity index (χ2v) is 23.8. The number of ether oxygens (including phenoxy) is 8. The molecule has 16 nitrogen and oxygen atoms in total. The van der Waals surface area contributed by atoms with Crippen molar-refractivity contribution in [2.24, 2.45) is 0 Å². The van der Waals surface area contributed by atoms with Crippen molar-refractivity contribution in [1.29, 1.82) is 10.5 Å². The van der Waals surface area contributed by atoms with Gasteiger partial charge in [-0.15, -0.1) is 0 Å². The van der Waals surface area contributed by atoms with Gasteiger partial charge in [-0.1, -0.05) is 102 Å². The quantitative estimate of drug-likeness (QED) is 0.0322. The second kappa shape index (κ2) is 26.7. The number of anilines is 4. The molecule has 4 N–H and O–H groups in total. The molecule has 0 fully saturated rings. The van der Waals surface area contributed by atoms with Gasteiger partial charge in [0.2, 0.25) is 0 Å². The lowest BCUT2D eigenvalue weighted by Crippen LogP contribution is -2.27. The van der Waals surface area contributed by atoms with Crippen LogP contribution in [0.4, 0.5) is 34.1 Å². The van der Waals surface area contributed by atoms with Crippen LogP contribution in [-0.2, 0) is 16.2 Å². The minimum Gasteiger partial charge on any atom is -0.468 e. The number of hydrogen-bond donors (Lipinski definition) is 4. The van der Waals surface area contributed by atoms with E-state index in [4.69, 9.17) is 76.7 Å². The normalized spacial score (nSPS) is 13.8. The summed E-state index contributed by atoms with van der Waals surface area (Å²) in [6.45, 7) is 25.8. The number of fused-ring (bicyclic) bond motifs is 4. The monoisotopic (exact) mass is 1270 g/mol. The van der Waals surface area contributed by atoms with Gasteiger partial charge in [0.25, 0.3) is 11.4 Å². The highest BCUT2D eigenvalue weighted by atomic mass is 16.5. The van der Waals surface area contributed by atoms with Crippen LogP contribution in [0.1, 0.15) is 73.9 Å². The molecular weight excluding hydrogens is 1210 g/mol. The number of para-hydroxylation sites is 2.